The molecular weight excluding hydrogens is 396 g/mol. The Kier molecular flexibility index (Phi) is 7.17. The summed E-state index contributed by atoms with van der Waals surface area (Å²) in [4.78, 5) is 17.0. The Balaban J connectivity index is 1.21. The molecule has 2 saturated heterocycles. The maximum absolute atomic E-state index is 13.1. The van der Waals surface area contributed by atoms with E-state index < -0.39 is 0 Å². The lowest BCUT2D eigenvalue weighted by atomic mass is 9.89. The third-order valence-corrected chi connectivity index (χ3v) is 6.56. The quantitative estimate of drug-likeness (QED) is 0.715. The summed E-state index contributed by atoms with van der Waals surface area (Å²) >= 11 is 0. The van der Waals surface area contributed by atoms with Crippen molar-refractivity contribution in [1.82, 2.24) is 9.80 Å². The molecule has 2 aliphatic rings. The van der Waals surface area contributed by atoms with Gasteiger partial charge in [-0.3, -0.25) is 0 Å². The predicted molar refractivity (Wildman–Crippen MR) is 119 cm³/mol. The van der Waals surface area contributed by atoms with Gasteiger partial charge in [0.1, 0.15) is 11.6 Å². The summed E-state index contributed by atoms with van der Waals surface area (Å²) in [6, 6.07) is 12.7. The van der Waals surface area contributed by atoms with E-state index in [4.69, 9.17) is 0 Å². The molecule has 31 heavy (non-hydrogen) atoms. The number of piperidine rings is 2. The number of rotatable bonds is 5. The molecule has 4 rings (SSSR count). The van der Waals surface area contributed by atoms with Crippen molar-refractivity contribution in [2.45, 2.75) is 32.1 Å². The average molecular weight is 428 g/mol. The zero-order valence-electron chi connectivity index (χ0n) is 17.9. The molecule has 1 atom stereocenters. The van der Waals surface area contributed by atoms with Gasteiger partial charge in [-0.2, -0.15) is 0 Å². The minimum Gasteiger partial charge on any atom is -0.324 e. The number of carbonyl (C=O) groups is 1. The summed E-state index contributed by atoms with van der Waals surface area (Å²) in [5, 5.41) is 2.88. The molecule has 1 N–H and O–H groups in total. The number of urea groups is 1. The minimum atomic E-state index is -0.308. The van der Waals surface area contributed by atoms with E-state index in [1.807, 2.05) is 17.0 Å². The van der Waals surface area contributed by atoms with E-state index >= 15 is 0 Å². The molecule has 2 aliphatic heterocycles. The highest BCUT2D eigenvalue weighted by molar-refractivity contribution is 5.89. The van der Waals surface area contributed by atoms with E-state index in [2.05, 4.69) is 10.2 Å². The second-order valence-corrected chi connectivity index (χ2v) is 8.97. The first-order valence-electron chi connectivity index (χ1n) is 11.3. The summed E-state index contributed by atoms with van der Waals surface area (Å²) in [5.41, 5.74) is 1.84. The highest BCUT2D eigenvalue weighted by atomic mass is 19.1. The maximum atomic E-state index is 13.1. The summed E-state index contributed by atoms with van der Waals surface area (Å²) < 4.78 is 26.2. The highest BCUT2D eigenvalue weighted by Crippen LogP contribution is 2.25. The lowest BCUT2D eigenvalue weighted by Gasteiger charge is -2.38. The van der Waals surface area contributed by atoms with Gasteiger partial charge < -0.3 is 15.1 Å². The monoisotopic (exact) mass is 427 g/mol. The summed E-state index contributed by atoms with van der Waals surface area (Å²) in [6.45, 7) is 4.74. The van der Waals surface area contributed by atoms with Crippen molar-refractivity contribution < 1.29 is 13.6 Å². The number of hydrogen-bond donors (Lipinski definition) is 1. The van der Waals surface area contributed by atoms with Gasteiger partial charge in [-0.1, -0.05) is 12.1 Å². The maximum Gasteiger partial charge on any atom is 0.321 e. The Morgan fingerprint density at radius 1 is 0.871 bits per heavy atom. The lowest BCUT2D eigenvalue weighted by molar-refractivity contribution is 0.121. The molecular formula is C25H31F2N3O. The van der Waals surface area contributed by atoms with Crippen molar-refractivity contribution in [3.63, 3.8) is 0 Å². The molecule has 0 aromatic heterocycles. The van der Waals surface area contributed by atoms with Crippen LogP contribution in [0.1, 0.15) is 31.2 Å². The molecule has 2 fully saturated rings. The van der Waals surface area contributed by atoms with E-state index in [1.54, 1.807) is 24.3 Å². The van der Waals surface area contributed by atoms with E-state index in [9.17, 15) is 13.6 Å². The Hall–Kier alpha value is -2.47. The number of carbonyl (C=O) groups excluding carboxylic acids is 1. The molecule has 2 heterocycles. The van der Waals surface area contributed by atoms with Crippen LogP contribution in [0, 0.1) is 23.5 Å². The van der Waals surface area contributed by atoms with Gasteiger partial charge in [-0.05, 0) is 99.0 Å². The highest BCUT2D eigenvalue weighted by Gasteiger charge is 2.27. The van der Waals surface area contributed by atoms with Crippen LogP contribution in [0.25, 0.3) is 0 Å². The molecule has 2 amide bonds. The van der Waals surface area contributed by atoms with Gasteiger partial charge in [0.05, 0.1) is 0 Å². The number of hydrogen-bond acceptors (Lipinski definition) is 2. The van der Waals surface area contributed by atoms with Crippen LogP contribution in [0.4, 0.5) is 19.3 Å². The van der Waals surface area contributed by atoms with Crippen LogP contribution < -0.4 is 5.32 Å². The third kappa shape index (κ3) is 6.26. The molecule has 166 valence electrons. The second-order valence-electron chi connectivity index (χ2n) is 8.97. The van der Waals surface area contributed by atoms with E-state index in [-0.39, 0.29) is 17.7 Å². The Morgan fingerprint density at radius 3 is 2.19 bits per heavy atom. The first kappa shape index (κ1) is 21.8. The van der Waals surface area contributed by atoms with Crippen LogP contribution in [-0.4, -0.2) is 48.6 Å². The number of nitrogens with zero attached hydrogens (tertiary/aromatic N) is 2. The van der Waals surface area contributed by atoms with Crippen molar-refractivity contribution in [2.24, 2.45) is 11.8 Å². The normalized spacial score (nSPS) is 20.6. The van der Waals surface area contributed by atoms with Gasteiger partial charge in [0.25, 0.3) is 0 Å². The van der Waals surface area contributed by atoms with Crippen molar-refractivity contribution in [3.05, 3.63) is 65.7 Å². The van der Waals surface area contributed by atoms with Crippen molar-refractivity contribution in [2.75, 3.05) is 38.0 Å². The summed E-state index contributed by atoms with van der Waals surface area (Å²) in [7, 11) is 0. The van der Waals surface area contributed by atoms with Crippen LogP contribution >= 0.6 is 0 Å². The van der Waals surface area contributed by atoms with Crippen molar-refractivity contribution >= 4 is 11.7 Å². The van der Waals surface area contributed by atoms with Gasteiger partial charge in [0, 0.05) is 25.3 Å². The molecule has 1 unspecified atom stereocenters. The lowest BCUT2D eigenvalue weighted by Crippen LogP contribution is -2.46. The number of nitrogens with one attached hydrogen (secondary N) is 1. The van der Waals surface area contributed by atoms with Crippen molar-refractivity contribution in [3.8, 4) is 0 Å². The molecule has 0 bridgehead atoms. The van der Waals surface area contributed by atoms with E-state index in [0.29, 0.717) is 17.5 Å². The number of likely N-dealkylation sites (tertiary alicyclic amines) is 2. The van der Waals surface area contributed by atoms with Gasteiger partial charge in [0.15, 0.2) is 0 Å². The molecule has 0 aliphatic carbocycles. The summed E-state index contributed by atoms with van der Waals surface area (Å²) in [5.74, 6) is 0.663. The molecule has 0 radical (unpaired) electrons. The number of benzene rings is 2. The largest absolute Gasteiger partial charge is 0.324 e. The van der Waals surface area contributed by atoms with Crippen LogP contribution in [-0.2, 0) is 6.42 Å². The third-order valence-electron chi connectivity index (χ3n) is 6.56. The zero-order valence-corrected chi connectivity index (χ0v) is 17.9. The van der Waals surface area contributed by atoms with Crippen LogP contribution in [0.3, 0.4) is 0 Å². The fourth-order valence-electron chi connectivity index (χ4n) is 4.83. The van der Waals surface area contributed by atoms with E-state index in [1.165, 1.54) is 30.5 Å². The number of amides is 2. The molecule has 2 aromatic rings. The topological polar surface area (TPSA) is 35.6 Å². The van der Waals surface area contributed by atoms with Crippen LogP contribution in [0.2, 0.25) is 0 Å². The predicted octanol–water partition coefficient (Wildman–Crippen LogP) is 5.16. The van der Waals surface area contributed by atoms with Gasteiger partial charge in [-0.25, -0.2) is 13.6 Å². The average Bonchev–Trinajstić information content (AvgIpc) is 2.78. The number of halogens is 2. The van der Waals surface area contributed by atoms with E-state index in [0.717, 1.165) is 52.0 Å². The Morgan fingerprint density at radius 2 is 1.52 bits per heavy atom. The fraction of sp³-hybridized carbons (Fsp3) is 0.480. The van der Waals surface area contributed by atoms with Gasteiger partial charge in [-0.15, -0.1) is 0 Å². The van der Waals surface area contributed by atoms with Crippen LogP contribution in [0.15, 0.2) is 48.5 Å². The van der Waals surface area contributed by atoms with Gasteiger partial charge in [0.2, 0.25) is 0 Å². The summed E-state index contributed by atoms with van der Waals surface area (Å²) in [6.07, 6.45) is 5.52. The SMILES string of the molecule is O=C(Nc1ccc(F)cc1)N1CCCC(CN2CCC(Cc3ccc(F)cc3)CC2)C1. The number of anilines is 1. The van der Waals surface area contributed by atoms with Gasteiger partial charge >= 0.3 is 6.03 Å². The molecule has 0 saturated carbocycles. The molecule has 4 nitrogen and oxygen atoms in total. The Bertz CT molecular complexity index is 848. The first-order chi connectivity index (χ1) is 15.0. The van der Waals surface area contributed by atoms with Crippen LogP contribution in [0.5, 0.6) is 0 Å². The zero-order chi connectivity index (χ0) is 21.6. The smallest absolute Gasteiger partial charge is 0.321 e. The molecule has 0 spiro atoms. The standard InChI is InChI=1S/C25H31F2N3O/c26-22-5-3-19(4-6-22)16-20-11-14-29(15-12-20)17-21-2-1-13-30(18-21)25(31)28-24-9-7-23(27)8-10-24/h3-10,20-21H,1-2,11-18H2,(H,28,31). The molecule has 6 heteroatoms. The fourth-order valence-corrected chi connectivity index (χ4v) is 4.83. The molecule has 2 aromatic carbocycles. The minimum absolute atomic E-state index is 0.102. The first-order valence-corrected chi connectivity index (χ1v) is 11.3. The second kappa shape index (κ2) is 10.2. The van der Waals surface area contributed by atoms with Crippen molar-refractivity contribution in [1.29, 1.82) is 0 Å². The Labute approximate surface area is 183 Å².